The van der Waals surface area contributed by atoms with E-state index < -0.39 is 10.0 Å². The second-order valence-electron chi connectivity index (χ2n) is 5.57. The van der Waals surface area contributed by atoms with Crippen molar-refractivity contribution in [1.82, 2.24) is 14.3 Å². The van der Waals surface area contributed by atoms with Gasteiger partial charge < -0.3 is 4.74 Å². The van der Waals surface area contributed by atoms with Gasteiger partial charge in [-0.3, -0.25) is 0 Å². The SMILES string of the molecule is Cc1cc(OC2CCCN(S(=O)(=O)c3cccs3)C2)nc(C)n1. The van der Waals surface area contributed by atoms with E-state index in [-0.39, 0.29) is 6.10 Å². The number of piperidine rings is 1. The molecule has 8 heteroatoms. The molecular formula is C15H19N3O3S2. The summed E-state index contributed by atoms with van der Waals surface area (Å²) < 4.78 is 33.0. The van der Waals surface area contributed by atoms with E-state index in [0.717, 1.165) is 18.5 Å². The molecule has 0 spiro atoms. The standard InChI is InChI=1S/C15H19N3O3S2/c1-11-9-14(17-12(2)16-11)21-13-5-3-7-18(10-13)23(19,20)15-6-4-8-22-15/h4,6,8-9,13H,3,5,7,10H2,1-2H3. The highest BCUT2D eigenvalue weighted by Crippen LogP contribution is 2.25. The molecule has 0 radical (unpaired) electrons. The van der Waals surface area contributed by atoms with Crippen LogP contribution >= 0.6 is 11.3 Å². The van der Waals surface area contributed by atoms with Gasteiger partial charge in [-0.05, 0) is 38.1 Å². The van der Waals surface area contributed by atoms with Crippen molar-refractivity contribution in [3.8, 4) is 5.88 Å². The Balaban J connectivity index is 1.73. The lowest BCUT2D eigenvalue weighted by atomic mass is 10.1. The minimum Gasteiger partial charge on any atom is -0.473 e. The molecule has 0 aliphatic carbocycles. The first-order chi connectivity index (χ1) is 10.9. The lowest BCUT2D eigenvalue weighted by molar-refractivity contribution is 0.124. The van der Waals surface area contributed by atoms with E-state index in [1.165, 1.54) is 15.6 Å². The molecule has 124 valence electrons. The Morgan fingerprint density at radius 1 is 1.35 bits per heavy atom. The monoisotopic (exact) mass is 353 g/mol. The van der Waals surface area contributed by atoms with E-state index in [0.29, 0.717) is 29.0 Å². The van der Waals surface area contributed by atoms with E-state index in [1.807, 2.05) is 13.8 Å². The molecule has 6 nitrogen and oxygen atoms in total. The zero-order chi connectivity index (χ0) is 16.4. The molecule has 23 heavy (non-hydrogen) atoms. The van der Waals surface area contributed by atoms with Gasteiger partial charge in [0.05, 0.1) is 6.54 Å². The van der Waals surface area contributed by atoms with Crippen molar-refractivity contribution in [1.29, 1.82) is 0 Å². The first kappa shape index (κ1) is 16.4. The number of sulfonamides is 1. The van der Waals surface area contributed by atoms with Gasteiger partial charge in [0.15, 0.2) is 0 Å². The van der Waals surface area contributed by atoms with E-state index in [4.69, 9.17) is 4.74 Å². The van der Waals surface area contributed by atoms with Crippen molar-refractivity contribution < 1.29 is 13.2 Å². The Kier molecular flexibility index (Phi) is 4.65. The molecule has 1 atom stereocenters. The number of aromatic nitrogens is 2. The van der Waals surface area contributed by atoms with Crippen LogP contribution in [-0.4, -0.2) is 41.9 Å². The Bertz CT molecular complexity index is 755. The lowest BCUT2D eigenvalue weighted by Crippen LogP contribution is -2.44. The lowest BCUT2D eigenvalue weighted by Gasteiger charge is -2.31. The summed E-state index contributed by atoms with van der Waals surface area (Å²) in [6, 6.07) is 5.17. The molecule has 3 rings (SSSR count). The molecule has 2 aromatic heterocycles. The third-order valence-electron chi connectivity index (χ3n) is 3.66. The first-order valence-electron chi connectivity index (χ1n) is 7.48. The third-order valence-corrected chi connectivity index (χ3v) is 6.90. The van der Waals surface area contributed by atoms with Crippen molar-refractivity contribution in [2.45, 2.75) is 37.0 Å². The molecular weight excluding hydrogens is 334 g/mol. The van der Waals surface area contributed by atoms with E-state index in [9.17, 15) is 8.42 Å². The average Bonchev–Trinajstić information content (AvgIpc) is 3.01. The van der Waals surface area contributed by atoms with E-state index in [2.05, 4.69) is 9.97 Å². The Morgan fingerprint density at radius 3 is 2.87 bits per heavy atom. The minimum absolute atomic E-state index is 0.188. The van der Waals surface area contributed by atoms with Crippen molar-refractivity contribution in [3.63, 3.8) is 0 Å². The molecule has 1 aliphatic rings. The number of hydrogen-bond acceptors (Lipinski definition) is 6. The zero-order valence-corrected chi connectivity index (χ0v) is 14.7. The van der Waals surface area contributed by atoms with Gasteiger partial charge in [0.1, 0.15) is 16.1 Å². The number of ether oxygens (including phenoxy) is 1. The van der Waals surface area contributed by atoms with Crippen molar-refractivity contribution >= 4 is 21.4 Å². The van der Waals surface area contributed by atoms with Crippen LogP contribution in [0, 0.1) is 13.8 Å². The number of rotatable bonds is 4. The summed E-state index contributed by atoms with van der Waals surface area (Å²) in [4.78, 5) is 8.49. The molecule has 3 heterocycles. The number of nitrogens with zero attached hydrogens (tertiary/aromatic N) is 3. The van der Waals surface area contributed by atoms with Gasteiger partial charge in [0, 0.05) is 18.3 Å². The maximum Gasteiger partial charge on any atom is 0.252 e. The molecule has 1 aliphatic heterocycles. The van der Waals surface area contributed by atoms with Gasteiger partial charge >= 0.3 is 0 Å². The summed E-state index contributed by atoms with van der Waals surface area (Å²) in [5, 5.41) is 1.78. The Labute approximate surface area is 140 Å². The topological polar surface area (TPSA) is 72.4 Å². The maximum atomic E-state index is 12.6. The number of hydrogen-bond donors (Lipinski definition) is 0. The van der Waals surface area contributed by atoms with Gasteiger partial charge in [-0.1, -0.05) is 6.07 Å². The summed E-state index contributed by atoms with van der Waals surface area (Å²) in [6.45, 7) is 4.58. The van der Waals surface area contributed by atoms with Crippen LogP contribution in [0.1, 0.15) is 24.4 Å². The molecule has 1 unspecified atom stereocenters. The molecule has 1 saturated heterocycles. The molecule has 2 aromatic rings. The van der Waals surface area contributed by atoms with E-state index in [1.54, 1.807) is 23.6 Å². The Morgan fingerprint density at radius 2 is 2.17 bits per heavy atom. The Hall–Kier alpha value is -1.51. The average molecular weight is 353 g/mol. The molecule has 0 amide bonds. The fourth-order valence-electron chi connectivity index (χ4n) is 2.67. The summed E-state index contributed by atoms with van der Waals surface area (Å²) in [7, 11) is -3.42. The first-order valence-corrected chi connectivity index (χ1v) is 9.80. The van der Waals surface area contributed by atoms with Crippen LogP contribution in [0.4, 0.5) is 0 Å². The molecule has 0 N–H and O–H groups in total. The molecule has 0 bridgehead atoms. The maximum absolute atomic E-state index is 12.6. The minimum atomic E-state index is -3.42. The fraction of sp³-hybridized carbons (Fsp3) is 0.467. The predicted molar refractivity (Wildman–Crippen MR) is 88.2 cm³/mol. The third kappa shape index (κ3) is 3.70. The number of thiophene rings is 1. The van der Waals surface area contributed by atoms with Crippen LogP contribution in [0.2, 0.25) is 0 Å². The highest BCUT2D eigenvalue weighted by Gasteiger charge is 2.32. The molecule has 1 fully saturated rings. The second kappa shape index (κ2) is 6.54. The van der Waals surface area contributed by atoms with Crippen LogP contribution in [0.15, 0.2) is 27.8 Å². The van der Waals surface area contributed by atoms with Gasteiger partial charge in [-0.2, -0.15) is 9.29 Å². The van der Waals surface area contributed by atoms with E-state index >= 15 is 0 Å². The highest BCUT2D eigenvalue weighted by atomic mass is 32.2. The van der Waals surface area contributed by atoms with Gasteiger partial charge in [-0.15, -0.1) is 11.3 Å². The zero-order valence-electron chi connectivity index (χ0n) is 13.1. The van der Waals surface area contributed by atoms with Gasteiger partial charge in [-0.25, -0.2) is 13.4 Å². The van der Waals surface area contributed by atoms with Crippen LogP contribution in [-0.2, 0) is 10.0 Å². The van der Waals surface area contributed by atoms with Crippen LogP contribution in [0.3, 0.4) is 0 Å². The van der Waals surface area contributed by atoms with Gasteiger partial charge in [0.2, 0.25) is 5.88 Å². The van der Waals surface area contributed by atoms with Crippen molar-refractivity contribution in [2.24, 2.45) is 0 Å². The summed E-state index contributed by atoms with van der Waals surface area (Å²) >= 11 is 1.24. The molecule has 0 saturated carbocycles. The normalized spacial score (nSPS) is 19.7. The largest absolute Gasteiger partial charge is 0.473 e. The second-order valence-corrected chi connectivity index (χ2v) is 8.68. The molecule has 0 aromatic carbocycles. The quantitative estimate of drug-likeness (QED) is 0.844. The van der Waals surface area contributed by atoms with Crippen molar-refractivity contribution in [3.05, 3.63) is 35.1 Å². The van der Waals surface area contributed by atoms with Crippen LogP contribution < -0.4 is 4.74 Å². The predicted octanol–water partition coefficient (Wildman–Crippen LogP) is 2.39. The number of aryl methyl sites for hydroxylation is 2. The fourth-order valence-corrected chi connectivity index (χ4v) is 5.33. The van der Waals surface area contributed by atoms with Gasteiger partial charge in [0.25, 0.3) is 10.0 Å². The van der Waals surface area contributed by atoms with Crippen molar-refractivity contribution in [2.75, 3.05) is 13.1 Å². The summed E-state index contributed by atoms with van der Waals surface area (Å²) in [6.07, 6.45) is 1.41. The summed E-state index contributed by atoms with van der Waals surface area (Å²) in [5.74, 6) is 1.16. The smallest absolute Gasteiger partial charge is 0.252 e. The van der Waals surface area contributed by atoms with Crippen LogP contribution in [0.25, 0.3) is 0 Å². The van der Waals surface area contributed by atoms with Crippen LogP contribution in [0.5, 0.6) is 5.88 Å². The summed E-state index contributed by atoms with van der Waals surface area (Å²) in [5.41, 5.74) is 0.839. The highest BCUT2D eigenvalue weighted by molar-refractivity contribution is 7.91.